The molecule has 1 aromatic rings. The molecule has 1 unspecified atom stereocenters. The van der Waals surface area contributed by atoms with Crippen LogP contribution < -0.4 is 5.32 Å². The highest BCUT2D eigenvalue weighted by molar-refractivity contribution is 5.29. The van der Waals surface area contributed by atoms with E-state index >= 15 is 0 Å². The number of aryl methyl sites for hydroxylation is 1. The molecule has 0 radical (unpaired) electrons. The summed E-state index contributed by atoms with van der Waals surface area (Å²) in [6, 6.07) is 8.89. The lowest BCUT2D eigenvalue weighted by Gasteiger charge is -2.20. The molecular weight excluding hydrogens is 242 g/mol. The van der Waals surface area contributed by atoms with E-state index in [-0.39, 0.29) is 0 Å². The third kappa shape index (κ3) is 6.56. The van der Waals surface area contributed by atoms with Crippen molar-refractivity contribution in [2.45, 2.75) is 71.6 Å². The first-order chi connectivity index (χ1) is 9.79. The SMILES string of the molecule is CCCCCCCCC(CNCC)c1ccccc1C. The van der Waals surface area contributed by atoms with Crippen LogP contribution in [0.2, 0.25) is 0 Å². The van der Waals surface area contributed by atoms with Crippen molar-refractivity contribution >= 4 is 0 Å². The van der Waals surface area contributed by atoms with Gasteiger partial charge in [0.05, 0.1) is 0 Å². The van der Waals surface area contributed by atoms with Gasteiger partial charge in [0.15, 0.2) is 0 Å². The Morgan fingerprint density at radius 2 is 1.65 bits per heavy atom. The standard InChI is InChI=1S/C19H33N/c1-4-6-7-8-9-10-14-18(16-20-5-2)19-15-12-11-13-17(19)3/h11-13,15,18,20H,4-10,14,16H2,1-3H3. The summed E-state index contributed by atoms with van der Waals surface area (Å²) in [5.41, 5.74) is 2.99. The Morgan fingerprint density at radius 1 is 0.950 bits per heavy atom. The number of likely N-dealkylation sites (N-methyl/N-ethyl adjacent to an activating group) is 1. The van der Waals surface area contributed by atoms with Crippen molar-refractivity contribution in [2.24, 2.45) is 0 Å². The molecule has 0 aromatic heterocycles. The molecule has 0 aliphatic rings. The topological polar surface area (TPSA) is 12.0 Å². The van der Waals surface area contributed by atoms with E-state index in [2.05, 4.69) is 50.4 Å². The van der Waals surface area contributed by atoms with Crippen LogP contribution in [-0.4, -0.2) is 13.1 Å². The monoisotopic (exact) mass is 275 g/mol. The minimum Gasteiger partial charge on any atom is -0.316 e. The molecule has 1 aromatic carbocycles. The van der Waals surface area contributed by atoms with Gasteiger partial charge in [-0.05, 0) is 36.9 Å². The summed E-state index contributed by atoms with van der Waals surface area (Å²) in [6.07, 6.45) is 9.66. The maximum absolute atomic E-state index is 3.54. The third-order valence-electron chi connectivity index (χ3n) is 4.18. The highest BCUT2D eigenvalue weighted by atomic mass is 14.8. The highest BCUT2D eigenvalue weighted by Crippen LogP contribution is 2.25. The van der Waals surface area contributed by atoms with Crippen molar-refractivity contribution in [3.63, 3.8) is 0 Å². The zero-order valence-corrected chi connectivity index (χ0v) is 13.8. The quantitative estimate of drug-likeness (QED) is 0.530. The average Bonchev–Trinajstić information content (AvgIpc) is 2.47. The second-order valence-corrected chi connectivity index (χ2v) is 5.92. The smallest absolute Gasteiger partial charge is 0.00201 e. The fourth-order valence-corrected chi connectivity index (χ4v) is 2.90. The largest absolute Gasteiger partial charge is 0.316 e. The molecule has 1 heteroatoms. The second kappa shape index (κ2) is 10.9. The lowest BCUT2D eigenvalue weighted by Crippen LogP contribution is -2.21. The number of hydrogen-bond acceptors (Lipinski definition) is 1. The highest BCUT2D eigenvalue weighted by Gasteiger charge is 2.12. The van der Waals surface area contributed by atoms with Gasteiger partial charge in [0, 0.05) is 6.54 Å². The van der Waals surface area contributed by atoms with Crippen LogP contribution in [0.3, 0.4) is 0 Å². The Kier molecular flexibility index (Phi) is 9.40. The van der Waals surface area contributed by atoms with Gasteiger partial charge in [-0.1, -0.05) is 76.6 Å². The Bertz CT molecular complexity index is 345. The van der Waals surface area contributed by atoms with Gasteiger partial charge in [0.2, 0.25) is 0 Å². The lowest BCUT2D eigenvalue weighted by molar-refractivity contribution is 0.511. The van der Waals surface area contributed by atoms with Gasteiger partial charge < -0.3 is 5.32 Å². The summed E-state index contributed by atoms with van der Waals surface area (Å²) >= 11 is 0. The van der Waals surface area contributed by atoms with Crippen molar-refractivity contribution < 1.29 is 0 Å². The number of rotatable bonds is 11. The third-order valence-corrected chi connectivity index (χ3v) is 4.18. The minimum atomic E-state index is 0.683. The molecule has 0 saturated heterocycles. The molecule has 20 heavy (non-hydrogen) atoms. The van der Waals surface area contributed by atoms with Crippen molar-refractivity contribution in [1.29, 1.82) is 0 Å². The van der Waals surface area contributed by atoms with Gasteiger partial charge in [-0.15, -0.1) is 0 Å². The summed E-state index contributed by atoms with van der Waals surface area (Å²) in [7, 11) is 0. The van der Waals surface area contributed by atoms with E-state index in [0.717, 1.165) is 13.1 Å². The maximum atomic E-state index is 3.54. The van der Waals surface area contributed by atoms with E-state index in [9.17, 15) is 0 Å². The summed E-state index contributed by atoms with van der Waals surface area (Å²) in [5.74, 6) is 0.683. The van der Waals surface area contributed by atoms with Gasteiger partial charge in [-0.25, -0.2) is 0 Å². The Hall–Kier alpha value is -0.820. The maximum Gasteiger partial charge on any atom is 0.00201 e. The molecule has 1 nitrogen and oxygen atoms in total. The van der Waals surface area contributed by atoms with Crippen LogP contribution in [0.1, 0.15) is 75.8 Å². The fourth-order valence-electron chi connectivity index (χ4n) is 2.90. The molecule has 114 valence electrons. The van der Waals surface area contributed by atoms with Crippen LogP contribution in [0, 0.1) is 6.92 Å². The number of hydrogen-bond donors (Lipinski definition) is 1. The molecule has 0 saturated carbocycles. The minimum absolute atomic E-state index is 0.683. The normalized spacial score (nSPS) is 12.6. The van der Waals surface area contributed by atoms with E-state index in [0.29, 0.717) is 5.92 Å². The van der Waals surface area contributed by atoms with Gasteiger partial charge in [0.1, 0.15) is 0 Å². The van der Waals surface area contributed by atoms with E-state index in [1.165, 1.54) is 50.5 Å². The molecule has 0 amide bonds. The predicted octanol–water partition coefficient (Wildman–Crippen LogP) is 5.44. The lowest BCUT2D eigenvalue weighted by atomic mass is 9.90. The first-order valence-electron chi connectivity index (χ1n) is 8.55. The van der Waals surface area contributed by atoms with Crippen LogP contribution in [0.25, 0.3) is 0 Å². The van der Waals surface area contributed by atoms with Gasteiger partial charge >= 0.3 is 0 Å². The molecule has 0 heterocycles. The van der Waals surface area contributed by atoms with Crippen LogP contribution in [0.15, 0.2) is 24.3 Å². The van der Waals surface area contributed by atoms with Crippen molar-refractivity contribution in [3.8, 4) is 0 Å². The van der Waals surface area contributed by atoms with Crippen molar-refractivity contribution in [1.82, 2.24) is 5.32 Å². The molecule has 1 N–H and O–H groups in total. The van der Waals surface area contributed by atoms with Gasteiger partial charge in [-0.3, -0.25) is 0 Å². The molecule has 0 bridgehead atoms. The molecular formula is C19H33N. The molecule has 0 spiro atoms. The zero-order valence-electron chi connectivity index (χ0n) is 13.8. The van der Waals surface area contributed by atoms with Crippen LogP contribution >= 0.6 is 0 Å². The van der Waals surface area contributed by atoms with Crippen molar-refractivity contribution in [2.75, 3.05) is 13.1 Å². The zero-order chi connectivity index (χ0) is 14.6. The summed E-state index contributed by atoms with van der Waals surface area (Å²) in [6.45, 7) is 8.91. The Balaban J connectivity index is 2.42. The summed E-state index contributed by atoms with van der Waals surface area (Å²) < 4.78 is 0. The van der Waals surface area contributed by atoms with Crippen LogP contribution in [0.5, 0.6) is 0 Å². The molecule has 0 aliphatic heterocycles. The summed E-state index contributed by atoms with van der Waals surface area (Å²) in [5, 5.41) is 3.54. The summed E-state index contributed by atoms with van der Waals surface area (Å²) in [4.78, 5) is 0. The Labute approximate surface area is 126 Å². The van der Waals surface area contributed by atoms with E-state index in [1.807, 2.05) is 0 Å². The number of unbranched alkanes of at least 4 members (excludes halogenated alkanes) is 5. The van der Waals surface area contributed by atoms with Crippen molar-refractivity contribution in [3.05, 3.63) is 35.4 Å². The van der Waals surface area contributed by atoms with Crippen LogP contribution in [-0.2, 0) is 0 Å². The molecule has 1 rings (SSSR count). The second-order valence-electron chi connectivity index (χ2n) is 5.92. The number of benzene rings is 1. The Morgan fingerprint density at radius 3 is 2.35 bits per heavy atom. The van der Waals surface area contributed by atoms with Gasteiger partial charge in [-0.2, -0.15) is 0 Å². The molecule has 0 fully saturated rings. The van der Waals surface area contributed by atoms with E-state index < -0.39 is 0 Å². The van der Waals surface area contributed by atoms with Gasteiger partial charge in [0.25, 0.3) is 0 Å². The van der Waals surface area contributed by atoms with E-state index in [1.54, 1.807) is 5.56 Å². The van der Waals surface area contributed by atoms with Crippen LogP contribution in [0.4, 0.5) is 0 Å². The molecule has 1 atom stereocenters. The number of nitrogens with one attached hydrogen (secondary N) is 1. The predicted molar refractivity (Wildman–Crippen MR) is 90.5 cm³/mol. The first kappa shape index (κ1) is 17.2. The molecule has 0 aliphatic carbocycles. The van der Waals surface area contributed by atoms with E-state index in [4.69, 9.17) is 0 Å². The first-order valence-corrected chi connectivity index (χ1v) is 8.55. The average molecular weight is 275 g/mol. The fraction of sp³-hybridized carbons (Fsp3) is 0.684.